The summed E-state index contributed by atoms with van der Waals surface area (Å²) >= 11 is 1.47. The lowest BCUT2D eigenvalue weighted by Crippen LogP contribution is -2.05. The topological polar surface area (TPSA) is 60.9 Å². The largest absolute Gasteiger partial charge is 0.453 e. The van der Waals surface area contributed by atoms with Gasteiger partial charge in [0.2, 0.25) is 5.78 Å². The molecule has 2 saturated carbocycles. The van der Waals surface area contributed by atoms with Gasteiger partial charge in [0.15, 0.2) is 10.9 Å². The number of para-hydroxylation sites is 1. The van der Waals surface area contributed by atoms with Crippen molar-refractivity contribution in [2.45, 2.75) is 42.8 Å². The van der Waals surface area contributed by atoms with Crippen LogP contribution in [0.3, 0.4) is 0 Å². The van der Waals surface area contributed by atoms with Crippen molar-refractivity contribution in [1.29, 1.82) is 0 Å². The maximum Gasteiger partial charge on any atom is 0.208 e. The molecule has 0 saturated heterocycles. The summed E-state index contributed by atoms with van der Waals surface area (Å²) in [6.07, 6.45) is 4.83. The van der Waals surface area contributed by atoms with Crippen molar-refractivity contribution in [3.05, 3.63) is 41.9 Å². The minimum absolute atomic E-state index is 0.00508. The standard InChI is InChI=1S/C18H17N3O2S/c22-14(16-9-12-3-1-2-4-15(12)23-16)10-24-18-20-19-17(11-5-6-11)21(18)13-7-8-13/h1-4,9,11,13H,5-8,10H2. The molecule has 1 aromatic carbocycles. The Bertz CT molecular complexity index is 888. The maximum absolute atomic E-state index is 12.5. The quantitative estimate of drug-likeness (QED) is 0.497. The molecule has 0 N–H and O–H groups in total. The van der Waals surface area contributed by atoms with Gasteiger partial charge in [-0.2, -0.15) is 0 Å². The van der Waals surface area contributed by atoms with Gasteiger partial charge in [0, 0.05) is 17.3 Å². The molecule has 5 nitrogen and oxygen atoms in total. The Balaban J connectivity index is 1.34. The first-order chi connectivity index (χ1) is 11.8. The SMILES string of the molecule is O=C(CSc1nnc(C2CC2)n1C1CC1)c1cc2ccccc2o1. The fraction of sp³-hybridized carbons (Fsp3) is 0.389. The van der Waals surface area contributed by atoms with Crippen LogP contribution in [0, 0.1) is 0 Å². The average molecular weight is 339 g/mol. The predicted molar refractivity (Wildman–Crippen MR) is 91.5 cm³/mol. The fourth-order valence-electron chi connectivity index (χ4n) is 3.00. The van der Waals surface area contributed by atoms with Crippen molar-refractivity contribution in [3.8, 4) is 0 Å². The number of aromatic nitrogens is 3. The van der Waals surface area contributed by atoms with E-state index in [0.29, 0.717) is 23.5 Å². The Morgan fingerprint density at radius 1 is 1.21 bits per heavy atom. The zero-order valence-electron chi connectivity index (χ0n) is 13.1. The Morgan fingerprint density at radius 3 is 2.79 bits per heavy atom. The molecule has 0 spiro atoms. The van der Waals surface area contributed by atoms with Crippen LogP contribution in [0.2, 0.25) is 0 Å². The smallest absolute Gasteiger partial charge is 0.208 e. The molecule has 0 unspecified atom stereocenters. The number of hydrogen-bond acceptors (Lipinski definition) is 5. The number of ketones is 1. The molecule has 2 heterocycles. The van der Waals surface area contributed by atoms with E-state index in [1.807, 2.05) is 30.3 Å². The molecular formula is C18H17N3O2S. The molecule has 2 aliphatic carbocycles. The molecule has 6 heteroatoms. The van der Waals surface area contributed by atoms with Gasteiger partial charge < -0.3 is 8.98 Å². The lowest BCUT2D eigenvalue weighted by Gasteiger charge is -2.07. The van der Waals surface area contributed by atoms with Crippen molar-refractivity contribution in [1.82, 2.24) is 14.8 Å². The third-order valence-electron chi connectivity index (χ3n) is 4.58. The molecular weight excluding hydrogens is 322 g/mol. The molecule has 0 radical (unpaired) electrons. The van der Waals surface area contributed by atoms with Gasteiger partial charge in [0.05, 0.1) is 5.75 Å². The summed E-state index contributed by atoms with van der Waals surface area (Å²) in [6.45, 7) is 0. The lowest BCUT2D eigenvalue weighted by atomic mass is 10.2. The molecule has 3 aromatic rings. The number of Topliss-reactive ketones (excluding diaryl/α,β-unsaturated/α-hetero) is 1. The molecule has 0 bridgehead atoms. The van der Waals surface area contributed by atoms with Gasteiger partial charge >= 0.3 is 0 Å². The van der Waals surface area contributed by atoms with Crippen molar-refractivity contribution < 1.29 is 9.21 Å². The van der Waals surface area contributed by atoms with Crippen LogP contribution >= 0.6 is 11.8 Å². The van der Waals surface area contributed by atoms with Gasteiger partial charge in [-0.05, 0) is 37.8 Å². The molecule has 2 aliphatic rings. The molecule has 0 atom stereocenters. The first kappa shape index (κ1) is 14.3. The van der Waals surface area contributed by atoms with Gasteiger partial charge in [0.1, 0.15) is 11.4 Å². The second kappa shape index (κ2) is 5.48. The number of thioether (sulfide) groups is 1. The Hall–Kier alpha value is -2.08. The first-order valence-corrected chi connectivity index (χ1v) is 9.37. The summed E-state index contributed by atoms with van der Waals surface area (Å²) in [5.74, 6) is 2.45. The van der Waals surface area contributed by atoms with E-state index in [2.05, 4.69) is 14.8 Å². The van der Waals surface area contributed by atoms with E-state index in [9.17, 15) is 4.79 Å². The minimum Gasteiger partial charge on any atom is -0.453 e. The van der Waals surface area contributed by atoms with Crippen LogP contribution in [0.1, 0.15) is 54.0 Å². The summed E-state index contributed by atoms with van der Waals surface area (Å²) < 4.78 is 7.93. The van der Waals surface area contributed by atoms with Crippen LogP contribution in [0.25, 0.3) is 11.0 Å². The van der Waals surface area contributed by atoms with E-state index >= 15 is 0 Å². The number of fused-ring (bicyclic) bond motifs is 1. The third-order valence-corrected chi connectivity index (χ3v) is 5.52. The molecule has 122 valence electrons. The number of benzene rings is 1. The number of nitrogens with zero attached hydrogens (tertiary/aromatic N) is 3. The number of hydrogen-bond donors (Lipinski definition) is 0. The van der Waals surface area contributed by atoms with E-state index in [0.717, 1.165) is 22.0 Å². The van der Waals surface area contributed by atoms with Crippen molar-refractivity contribution in [2.75, 3.05) is 5.75 Å². The monoisotopic (exact) mass is 339 g/mol. The van der Waals surface area contributed by atoms with Gasteiger partial charge in [0.25, 0.3) is 0 Å². The first-order valence-electron chi connectivity index (χ1n) is 8.39. The van der Waals surface area contributed by atoms with E-state index < -0.39 is 0 Å². The van der Waals surface area contributed by atoms with Gasteiger partial charge in [-0.15, -0.1) is 10.2 Å². The van der Waals surface area contributed by atoms with Crippen LogP contribution in [0.5, 0.6) is 0 Å². The summed E-state index contributed by atoms with van der Waals surface area (Å²) in [4.78, 5) is 12.5. The van der Waals surface area contributed by atoms with Crippen LogP contribution in [0.15, 0.2) is 39.9 Å². The molecule has 2 aromatic heterocycles. The zero-order chi connectivity index (χ0) is 16.1. The zero-order valence-corrected chi connectivity index (χ0v) is 14.0. The Morgan fingerprint density at radius 2 is 2.04 bits per heavy atom. The van der Waals surface area contributed by atoms with Crippen LogP contribution in [-0.4, -0.2) is 26.3 Å². The van der Waals surface area contributed by atoms with Crippen molar-refractivity contribution >= 4 is 28.5 Å². The van der Waals surface area contributed by atoms with E-state index in [-0.39, 0.29) is 5.78 Å². The Kier molecular flexibility index (Phi) is 3.26. The summed E-state index contributed by atoms with van der Waals surface area (Å²) in [5.41, 5.74) is 0.753. The van der Waals surface area contributed by atoms with Gasteiger partial charge in [-0.1, -0.05) is 30.0 Å². The third kappa shape index (κ3) is 2.55. The highest BCUT2D eigenvalue weighted by molar-refractivity contribution is 7.99. The van der Waals surface area contributed by atoms with Crippen LogP contribution in [-0.2, 0) is 0 Å². The number of carbonyl (C=O) groups excluding carboxylic acids is 1. The highest BCUT2D eigenvalue weighted by Gasteiger charge is 2.36. The second-order valence-corrected chi connectivity index (χ2v) is 7.52. The molecule has 2 fully saturated rings. The number of furan rings is 1. The lowest BCUT2D eigenvalue weighted by molar-refractivity contribution is 0.0994. The van der Waals surface area contributed by atoms with Crippen molar-refractivity contribution in [2.24, 2.45) is 0 Å². The fourth-order valence-corrected chi connectivity index (χ4v) is 3.89. The minimum atomic E-state index is -0.00508. The molecule has 24 heavy (non-hydrogen) atoms. The Labute approximate surface area is 143 Å². The molecule has 0 amide bonds. The van der Waals surface area contributed by atoms with Gasteiger partial charge in [-0.3, -0.25) is 4.79 Å². The van der Waals surface area contributed by atoms with Crippen LogP contribution < -0.4 is 0 Å². The van der Waals surface area contributed by atoms with Gasteiger partial charge in [-0.25, -0.2) is 0 Å². The summed E-state index contributed by atoms with van der Waals surface area (Å²) in [5, 5.41) is 10.6. The maximum atomic E-state index is 12.5. The summed E-state index contributed by atoms with van der Waals surface area (Å²) in [7, 11) is 0. The van der Waals surface area contributed by atoms with E-state index in [4.69, 9.17) is 4.42 Å². The number of carbonyl (C=O) groups is 1. The predicted octanol–water partition coefficient (Wildman–Crippen LogP) is 4.21. The second-order valence-electron chi connectivity index (χ2n) is 6.58. The highest BCUT2D eigenvalue weighted by atomic mass is 32.2. The van der Waals surface area contributed by atoms with E-state index in [1.165, 1.54) is 37.4 Å². The average Bonchev–Trinajstić information content (AvgIpc) is 3.53. The summed E-state index contributed by atoms with van der Waals surface area (Å²) in [6, 6.07) is 10.0. The van der Waals surface area contributed by atoms with Crippen molar-refractivity contribution in [3.63, 3.8) is 0 Å². The van der Waals surface area contributed by atoms with E-state index in [1.54, 1.807) is 0 Å². The molecule has 5 rings (SSSR count). The normalized spacial score (nSPS) is 17.5. The molecule has 0 aliphatic heterocycles. The van der Waals surface area contributed by atoms with Crippen LogP contribution in [0.4, 0.5) is 0 Å². The highest BCUT2D eigenvalue weighted by Crippen LogP contribution is 2.46. The number of rotatable bonds is 6.